The Morgan fingerprint density at radius 3 is 2.69 bits per heavy atom. The Labute approximate surface area is 98.6 Å². The fourth-order valence-corrected chi connectivity index (χ4v) is 1.80. The summed E-state index contributed by atoms with van der Waals surface area (Å²) in [6, 6.07) is 0.572. The maximum Gasteiger partial charge on any atom is 0.0700 e. The fraction of sp³-hybridized carbons (Fsp3) is 1.00. The maximum absolute atomic E-state index is 5.61. The van der Waals surface area contributed by atoms with Crippen molar-refractivity contribution in [3.05, 3.63) is 0 Å². The molecule has 1 fully saturated rings. The molecule has 1 aliphatic heterocycles. The number of nitrogens with one attached hydrogen (secondary N) is 1. The number of hydrogen-bond donors (Lipinski definition) is 1. The largest absolute Gasteiger partial charge is 0.382 e. The van der Waals surface area contributed by atoms with Gasteiger partial charge in [-0.2, -0.15) is 0 Å². The van der Waals surface area contributed by atoms with Crippen LogP contribution in [0, 0.1) is 0 Å². The van der Waals surface area contributed by atoms with E-state index in [-0.39, 0.29) is 0 Å². The first kappa shape index (κ1) is 13.9. The highest BCUT2D eigenvalue weighted by molar-refractivity contribution is 4.71. The highest BCUT2D eigenvalue weighted by Gasteiger charge is 2.11. The minimum Gasteiger partial charge on any atom is -0.382 e. The monoisotopic (exact) mass is 231 g/mol. The van der Waals surface area contributed by atoms with Gasteiger partial charge in [-0.15, -0.1) is 0 Å². The first-order chi connectivity index (χ1) is 7.93. The molecule has 1 atom stereocenters. The Morgan fingerprint density at radius 1 is 1.06 bits per heavy atom. The molecule has 16 heavy (non-hydrogen) atoms. The zero-order valence-corrected chi connectivity index (χ0v) is 10.4. The summed E-state index contributed by atoms with van der Waals surface area (Å²) >= 11 is 0. The summed E-state index contributed by atoms with van der Waals surface area (Å²) in [6.07, 6.45) is 4.87. The highest BCUT2D eigenvalue weighted by Crippen LogP contribution is 2.06. The highest BCUT2D eigenvalue weighted by atomic mass is 16.5. The van der Waals surface area contributed by atoms with E-state index in [1.54, 1.807) is 7.11 Å². The van der Waals surface area contributed by atoms with Crippen LogP contribution in [0.4, 0.5) is 0 Å². The van der Waals surface area contributed by atoms with Crippen molar-refractivity contribution in [3.63, 3.8) is 0 Å². The molecular formula is C12H25NO3. The van der Waals surface area contributed by atoms with E-state index in [9.17, 15) is 0 Å². The summed E-state index contributed by atoms with van der Waals surface area (Å²) in [5.41, 5.74) is 0. The summed E-state index contributed by atoms with van der Waals surface area (Å²) in [5.74, 6) is 0. The van der Waals surface area contributed by atoms with Crippen molar-refractivity contribution in [1.29, 1.82) is 0 Å². The molecule has 0 radical (unpaired) electrons. The molecule has 0 aliphatic carbocycles. The van der Waals surface area contributed by atoms with Crippen molar-refractivity contribution < 1.29 is 14.2 Å². The van der Waals surface area contributed by atoms with E-state index in [1.807, 2.05) is 0 Å². The third kappa shape index (κ3) is 7.17. The number of rotatable bonds is 9. The number of ether oxygens (including phenoxy) is 3. The second-order valence-corrected chi connectivity index (χ2v) is 4.18. The SMILES string of the molecule is COCCOCCCOCC1CCCCN1. The molecule has 0 aromatic heterocycles. The first-order valence-corrected chi connectivity index (χ1v) is 6.31. The van der Waals surface area contributed by atoms with E-state index in [0.29, 0.717) is 19.3 Å². The number of methoxy groups -OCH3 is 1. The van der Waals surface area contributed by atoms with Crippen LogP contribution in [0.5, 0.6) is 0 Å². The third-order valence-electron chi connectivity index (χ3n) is 2.74. The summed E-state index contributed by atoms with van der Waals surface area (Å²) in [7, 11) is 1.68. The molecule has 96 valence electrons. The summed E-state index contributed by atoms with van der Waals surface area (Å²) in [5, 5.41) is 3.47. The molecule has 0 bridgehead atoms. The maximum atomic E-state index is 5.61. The molecule has 1 N–H and O–H groups in total. The molecule has 1 heterocycles. The molecule has 1 aliphatic rings. The van der Waals surface area contributed by atoms with Gasteiger partial charge in [-0.25, -0.2) is 0 Å². The third-order valence-corrected chi connectivity index (χ3v) is 2.74. The van der Waals surface area contributed by atoms with Crippen LogP contribution < -0.4 is 5.32 Å². The second-order valence-electron chi connectivity index (χ2n) is 4.18. The zero-order chi connectivity index (χ0) is 11.5. The van der Waals surface area contributed by atoms with Gasteiger partial charge in [-0.05, 0) is 25.8 Å². The molecule has 1 saturated heterocycles. The molecule has 4 heteroatoms. The van der Waals surface area contributed by atoms with Gasteiger partial charge in [0.05, 0.1) is 19.8 Å². The average molecular weight is 231 g/mol. The van der Waals surface area contributed by atoms with Crippen LogP contribution in [-0.2, 0) is 14.2 Å². The van der Waals surface area contributed by atoms with Crippen molar-refractivity contribution in [3.8, 4) is 0 Å². The van der Waals surface area contributed by atoms with Crippen molar-refractivity contribution >= 4 is 0 Å². The van der Waals surface area contributed by atoms with Gasteiger partial charge in [0, 0.05) is 26.4 Å². The van der Waals surface area contributed by atoms with Crippen molar-refractivity contribution in [2.45, 2.75) is 31.7 Å². The number of piperidine rings is 1. The lowest BCUT2D eigenvalue weighted by Gasteiger charge is -2.23. The van der Waals surface area contributed by atoms with Gasteiger partial charge >= 0.3 is 0 Å². The minimum absolute atomic E-state index is 0.572. The lowest BCUT2D eigenvalue weighted by molar-refractivity contribution is 0.0459. The van der Waals surface area contributed by atoms with Crippen LogP contribution in [0.25, 0.3) is 0 Å². The van der Waals surface area contributed by atoms with Crippen LogP contribution in [-0.4, -0.2) is 52.7 Å². The van der Waals surface area contributed by atoms with E-state index in [1.165, 1.54) is 19.3 Å². The fourth-order valence-electron chi connectivity index (χ4n) is 1.80. The van der Waals surface area contributed by atoms with Gasteiger partial charge in [0.2, 0.25) is 0 Å². The van der Waals surface area contributed by atoms with Gasteiger partial charge in [-0.3, -0.25) is 0 Å². The standard InChI is InChI=1S/C12H25NO3/c1-14-9-10-15-7-4-8-16-11-12-5-2-3-6-13-12/h12-13H,2-11H2,1H3. The Balaban J connectivity index is 1.77. The molecule has 0 aromatic rings. The van der Waals surface area contributed by atoms with Crippen molar-refractivity contribution in [2.24, 2.45) is 0 Å². The van der Waals surface area contributed by atoms with Gasteiger partial charge in [0.1, 0.15) is 0 Å². The van der Waals surface area contributed by atoms with Crippen LogP contribution in [0.15, 0.2) is 0 Å². The normalized spacial score (nSPS) is 21.2. The molecule has 0 saturated carbocycles. The average Bonchev–Trinajstić information content (AvgIpc) is 2.34. The van der Waals surface area contributed by atoms with E-state index < -0.39 is 0 Å². The summed E-state index contributed by atoms with van der Waals surface area (Å²) < 4.78 is 15.8. The van der Waals surface area contributed by atoms with Crippen LogP contribution in [0.2, 0.25) is 0 Å². The predicted octanol–water partition coefficient (Wildman–Crippen LogP) is 1.20. The minimum atomic E-state index is 0.572. The number of hydrogen-bond acceptors (Lipinski definition) is 4. The van der Waals surface area contributed by atoms with Crippen LogP contribution in [0.1, 0.15) is 25.7 Å². The van der Waals surface area contributed by atoms with Gasteiger partial charge < -0.3 is 19.5 Å². The van der Waals surface area contributed by atoms with Gasteiger partial charge in [0.25, 0.3) is 0 Å². The molecule has 0 aromatic carbocycles. The van der Waals surface area contributed by atoms with E-state index in [4.69, 9.17) is 14.2 Å². The molecule has 1 unspecified atom stereocenters. The zero-order valence-electron chi connectivity index (χ0n) is 10.4. The Hall–Kier alpha value is -0.160. The van der Waals surface area contributed by atoms with Crippen LogP contribution >= 0.6 is 0 Å². The van der Waals surface area contributed by atoms with Crippen LogP contribution in [0.3, 0.4) is 0 Å². The second kappa shape index (κ2) is 10.0. The summed E-state index contributed by atoms with van der Waals surface area (Å²) in [4.78, 5) is 0. The van der Waals surface area contributed by atoms with E-state index >= 15 is 0 Å². The lowest BCUT2D eigenvalue weighted by Crippen LogP contribution is -2.37. The molecular weight excluding hydrogens is 206 g/mol. The molecule has 0 spiro atoms. The molecule has 1 rings (SSSR count). The van der Waals surface area contributed by atoms with Crippen molar-refractivity contribution in [2.75, 3.05) is 46.7 Å². The van der Waals surface area contributed by atoms with Gasteiger partial charge in [0.15, 0.2) is 0 Å². The van der Waals surface area contributed by atoms with Crippen molar-refractivity contribution in [1.82, 2.24) is 5.32 Å². The van der Waals surface area contributed by atoms with E-state index in [2.05, 4.69) is 5.32 Å². The Morgan fingerprint density at radius 2 is 1.94 bits per heavy atom. The topological polar surface area (TPSA) is 39.7 Å². The Bertz CT molecular complexity index is 149. The Kier molecular flexibility index (Phi) is 8.71. The smallest absolute Gasteiger partial charge is 0.0700 e. The summed E-state index contributed by atoms with van der Waals surface area (Å²) in [6.45, 7) is 4.91. The molecule has 0 amide bonds. The predicted molar refractivity (Wildman–Crippen MR) is 63.8 cm³/mol. The molecule has 4 nitrogen and oxygen atoms in total. The lowest BCUT2D eigenvalue weighted by atomic mass is 10.1. The van der Waals surface area contributed by atoms with E-state index in [0.717, 1.165) is 32.8 Å². The quantitative estimate of drug-likeness (QED) is 0.605. The van der Waals surface area contributed by atoms with Gasteiger partial charge in [-0.1, -0.05) is 6.42 Å². The first-order valence-electron chi connectivity index (χ1n) is 6.31.